The molecule has 0 spiro atoms. The molecule has 0 amide bonds. The Balaban J connectivity index is 1.79. The quantitative estimate of drug-likeness (QED) is 0.560. The SMILES string of the molecule is Cc1ccc(-c2ccnc3nc(Nc4ccc(C)c(C)c4)[nH]c(=O)c23)cc1. The Kier molecular flexibility index (Phi) is 4.20. The van der Waals surface area contributed by atoms with Gasteiger partial charge in [-0.3, -0.25) is 9.78 Å². The average Bonchev–Trinajstić information content (AvgIpc) is 2.65. The van der Waals surface area contributed by atoms with Gasteiger partial charge in [-0.1, -0.05) is 35.9 Å². The molecular weight excluding hydrogens is 336 g/mol. The van der Waals surface area contributed by atoms with Gasteiger partial charge in [0.2, 0.25) is 5.95 Å². The van der Waals surface area contributed by atoms with Crippen LogP contribution < -0.4 is 10.9 Å². The van der Waals surface area contributed by atoms with Crippen molar-refractivity contribution in [3.8, 4) is 11.1 Å². The summed E-state index contributed by atoms with van der Waals surface area (Å²) in [5, 5.41) is 3.66. The molecule has 0 aliphatic rings. The van der Waals surface area contributed by atoms with Crippen LogP contribution in [0.15, 0.2) is 59.5 Å². The summed E-state index contributed by atoms with van der Waals surface area (Å²) in [5.41, 5.74) is 6.42. The Morgan fingerprint density at radius 1 is 0.926 bits per heavy atom. The summed E-state index contributed by atoms with van der Waals surface area (Å²) < 4.78 is 0. The Labute approximate surface area is 157 Å². The molecule has 0 radical (unpaired) electrons. The molecule has 5 heteroatoms. The van der Waals surface area contributed by atoms with Crippen molar-refractivity contribution in [3.63, 3.8) is 0 Å². The van der Waals surface area contributed by atoms with E-state index < -0.39 is 0 Å². The highest BCUT2D eigenvalue weighted by Crippen LogP contribution is 2.25. The molecule has 0 bridgehead atoms. The van der Waals surface area contributed by atoms with Gasteiger partial charge in [0, 0.05) is 11.9 Å². The van der Waals surface area contributed by atoms with Gasteiger partial charge in [0.25, 0.3) is 5.56 Å². The van der Waals surface area contributed by atoms with E-state index in [4.69, 9.17) is 0 Å². The molecule has 0 unspecified atom stereocenters. The molecule has 0 aliphatic carbocycles. The smallest absolute Gasteiger partial charge is 0.262 e. The van der Waals surface area contributed by atoms with Gasteiger partial charge >= 0.3 is 0 Å². The Morgan fingerprint density at radius 3 is 2.44 bits per heavy atom. The normalized spacial score (nSPS) is 10.9. The third kappa shape index (κ3) is 3.31. The molecule has 27 heavy (non-hydrogen) atoms. The predicted octanol–water partition coefficient (Wildman–Crippen LogP) is 4.65. The van der Waals surface area contributed by atoms with Crippen LogP contribution >= 0.6 is 0 Å². The van der Waals surface area contributed by atoms with Gasteiger partial charge in [-0.05, 0) is 61.2 Å². The minimum absolute atomic E-state index is 0.213. The fourth-order valence-electron chi connectivity index (χ4n) is 3.05. The van der Waals surface area contributed by atoms with Gasteiger partial charge in [-0.2, -0.15) is 4.98 Å². The van der Waals surface area contributed by atoms with Crippen LogP contribution in [-0.2, 0) is 0 Å². The average molecular weight is 356 g/mol. The molecule has 0 saturated carbocycles. The number of aromatic amines is 1. The maximum absolute atomic E-state index is 12.8. The molecule has 2 N–H and O–H groups in total. The van der Waals surface area contributed by atoms with Crippen LogP contribution in [0.4, 0.5) is 11.6 Å². The molecule has 0 saturated heterocycles. The number of benzene rings is 2. The number of anilines is 2. The number of nitrogens with zero attached hydrogens (tertiary/aromatic N) is 2. The lowest BCUT2D eigenvalue weighted by atomic mass is 10.0. The molecule has 134 valence electrons. The van der Waals surface area contributed by atoms with Gasteiger partial charge < -0.3 is 5.32 Å². The number of aryl methyl sites for hydroxylation is 3. The van der Waals surface area contributed by atoms with E-state index >= 15 is 0 Å². The number of fused-ring (bicyclic) bond motifs is 1. The molecule has 2 heterocycles. The maximum Gasteiger partial charge on any atom is 0.262 e. The van der Waals surface area contributed by atoms with Crippen molar-refractivity contribution in [2.24, 2.45) is 0 Å². The van der Waals surface area contributed by atoms with Gasteiger partial charge in [-0.15, -0.1) is 0 Å². The Bertz CT molecular complexity index is 1190. The fraction of sp³-hybridized carbons (Fsp3) is 0.136. The molecule has 0 atom stereocenters. The first-order chi connectivity index (χ1) is 13.0. The summed E-state index contributed by atoms with van der Waals surface area (Å²) in [6.45, 7) is 6.14. The first-order valence-corrected chi connectivity index (χ1v) is 8.81. The largest absolute Gasteiger partial charge is 0.326 e. The van der Waals surface area contributed by atoms with Crippen LogP contribution in [0.2, 0.25) is 0 Å². The number of aromatic nitrogens is 3. The Hall–Kier alpha value is -3.47. The van der Waals surface area contributed by atoms with E-state index in [1.165, 1.54) is 16.7 Å². The molecular formula is C22H20N4O. The van der Waals surface area contributed by atoms with Gasteiger partial charge in [0.05, 0.1) is 5.39 Å². The highest BCUT2D eigenvalue weighted by atomic mass is 16.1. The van der Waals surface area contributed by atoms with E-state index in [0.717, 1.165) is 16.8 Å². The number of H-pyrrole nitrogens is 1. The summed E-state index contributed by atoms with van der Waals surface area (Å²) in [7, 11) is 0. The first kappa shape index (κ1) is 17.0. The number of pyridine rings is 1. The highest BCUT2D eigenvalue weighted by Gasteiger charge is 2.11. The predicted molar refractivity (Wildman–Crippen MR) is 110 cm³/mol. The van der Waals surface area contributed by atoms with E-state index in [9.17, 15) is 4.79 Å². The summed E-state index contributed by atoms with van der Waals surface area (Å²) in [4.78, 5) is 24.5. The van der Waals surface area contributed by atoms with Crippen LogP contribution in [0, 0.1) is 20.8 Å². The molecule has 2 aromatic carbocycles. The second-order valence-electron chi connectivity index (χ2n) is 6.76. The molecule has 0 fully saturated rings. The summed E-state index contributed by atoms with van der Waals surface area (Å²) >= 11 is 0. The zero-order valence-corrected chi connectivity index (χ0v) is 15.5. The van der Waals surface area contributed by atoms with Crippen molar-refractivity contribution in [2.45, 2.75) is 20.8 Å². The van der Waals surface area contributed by atoms with Crippen LogP contribution in [0.3, 0.4) is 0 Å². The minimum atomic E-state index is -0.213. The van der Waals surface area contributed by atoms with Crippen molar-refractivity contribution >= 4 is 22.7 Å². The topological polar surface area (TPSA) is 70.7 Å². The van der Waals surface area contributed by atoms with Crippen LogP contribution in [0.1, 0.15) is 16.7 Å². The van der Waals surface area contributed by atoms with E-state index in [1.807, 2.05) is 62.4 Å². The lowest BCUT2D eigenvalue weighted by Gasteiger charge is -2.10. The van der Waals surface area contributed by atoms with Crippen molar-refractivity contribution in [1.82, 2.24) is 15.0 Å². The first-order valence-electron chi connectivity index (χ1n) is 8.81. The van der Waals surface area contributed by atoms with Gasteiger partial charge in [-0.25, -0.2) is 4.98 Å². The zero-order valence-electron chi connectivity index (χ0n) is 15.5. The maximum atomic E-state index is 12.8. The van der Waals surface area contributed by atoms with Gasteiger partial charge in [0.1, 0.15) is 0 Å². The van der Waals surface area contributed by atoms with Crippen molar-refractivity contribution in [1.29, 1.82) is 0 Å². The fourth-order valence-corrected chi connectivity index (χ4v) is 3.05. The zero-order chi connectivity index (χ0) is 19.0. The van der Waals surface area contributed by atoms with E-state index in [2.05, 4.69) is 27.2 Å². The Morgan fingerprint density at radius 2 is 1.70 bits per heavy atom. The summed E-state index contributed by atoms with van der Waals surface area (Å²) in [6.07, 6.45) is 1.68. The number of hydrogen-bond acceptors (Lipinski definition) is 4. The lowest BCUT2D eigenvalue weighted by Crippen LogP contribution is -2.13. The number of nitrogens with one attached hydrogen (secondary N) is 2. The summed E-state index contributed by atoms with van der Waals surface area (Å²) in [6, 6.07) is 15.9. The number of rotatable bonds is 3. The molecule has 0 aliphatic heterocycles. The van der Waals surface area contributed by atoms with Crippen LogP contribution in [-0.4, -0.2) is 15.0 Å². The molecule has 5 nitrogen and oxygen atoms in total. The highest BCUT2D eigenvalue weighted by molar-refractivity contribution is 5.92. The van der Waals surface area contributed by atoms with E-state index in [0.29, 0.717) is 17.0 Å². The van der Waals surface area contributed by atoms with Crippen molar-refractivity contribution in [3.05, 3.63) is 81.8 Å². The minimum Gasteiger partial charge on any atom is -0.326 e. The molecule has 4 rings (SSSR count). The van der Waals surface area contributed by atoms with Gasteiger partial charge in [0.15, 0.2) is 5.65 Å². The standard InChI is InChI=1S/C22H20N4O/c1-13-4-7-16(8-5-13)18-10-11-23-20-19(18)21(27)26-22(25-20)24-17-9-6-14(2)15(3)12-17/h4-12H,1-3H3,(H2,23,24,25,26,27). The van der Waals surface area contributed by atoms with E-state index in [-0.39, 0.29) is 5.56 Å². The van der Waals surface area contributed by atoms with Crippen LogP contribution in [0.25, 0.3) is 22.2 Å². The number of hydrogen-bond donors (Lipinski definition) is 2. The van der Waals surface area contributed by atoms with E-state index in [1.54, 1.807) is 6.20 Å². The summed E-state index contributed by atoms with van der Waals surface area (Å²) in [5.74, 6) is 0.379. The van der Waals surface area contributed by atoms with Crippen LogP contribution in [0.5, 0.6) is 0 Å². The lowest BCUT2D eigenvalue weighted by molar-refractivity contribution is 1.14. The van der Waals surface area contributed by atoms with Crippen molar-refractivity contribution < 1.29 is 0 Å². The monoisotopic (exact) mass is 356 g/mol. The molecule has 4 aromatic rings. The molecule has 2 aromatic heterocycles. The van der Waals surface area contributed by atoms with Crippen molar-refractivity contribution in [2.75, 3.05) is 5.32 Å². The third-order valence-corrected chi connectivity index (χ3v) is 4.74. The second kappa shape index (κ2) is 6.68. The second-order valence-corrected chi connectivity index (χ2v) is 6.76. The third-order valence-electron chi connectivity index (χ3n) is 4.74.